The van der Waals surface area contributed by atoms with Crippen molar-refractivity contribution in [3.63, 3.8) is 0 Å². The molecule has 0 bridgehead atoms. The molecule has 1 aromatic rings. The van der Waals surface area contributed by atoms with Crippen LogP contribution in [0.3, 0.4) is 0 Å². The van der Waals surface area contributed by atoms with Gasteiger partial charge in [0.15, 0.2) is 17.7 Å². The molecule has 0 aliphatic carbocycles. The van der Waals surface area contributed by atoms with Crippen LogP contribution in [0.15, 0.2) is 40.3 Å². The van der Waals surface area contributed by atoms with Gasteiger partial charge in [0.1, 0.15) is 11.8 Å². The molecular formula is C17H23N3O4. The summed E-state index contributed by atoms with van der Waals surface area (Å²) in [5.74, 6) is -0.653. The SMILES string of the molecule is CCCC(O)C1=NC(O)C(C)(O)C(C(=O)NCc2ccccc2)=N1. The number of nitrogens with zero attached hydrogens (tertiary/aromatic N) is 2. The van der Waals surface area contributed by atoms with E-state index in [-0.39, 0.29) is 18.1 Å². The first-order chi connectivity index (χ1) is 11.4. The lowest BCUT2D eigenvalue weighted by Crippen LogP contribution is -2.55. The molecule has 0 saturated heterocycles. The van der Waals surface area contributed by atoms with E-state index in [1.54, 1.807) is 0 Å². The number of nitrogens with one attached hydrogen (secondary N) is 1. The van der Waals surface area contributed by atoms with Crippen molar-refractivity contribution in [2.24, 2.45) is 9.98 Å². The average molecular weight is 333 g/mol. The Hall–Kier alpha value is -2.09. The average Bonchev–Trinajstić information content (AvgIpc) is 2.56. The monoisotopic (exact) mass is 333 g/mol. The number of aliphatic hydroxyl groups excluding tert-OH is 2. The number of benzene rings is 1. The largest absolute Gasteiger partial charge is 0.385 e. The second kappa shape index (κ2) is 7.65. The van der Waals surface area contributed by atoms with Crippen molar-refractivity contribution >= 4 is 17.5 Å². The van der Waals surface area contributed by atoms with Gasteiger partial charge in [-0.1, -0.05) is 43.7 Å². The summed E-state index contributed by atoms with van der Waals surface area (Å²) >= 11 is 0. The molecule has 1 aliphatic rings. The van der Waals surface area contributed by atoms with Gasteiger partial charge in [0.2, 0.25) is 0 Å². The molecule has 3 atom stereocenters. The Labute approximate surface area is 140 Å². The fourth-order valence-corrected chi connectivity index (χ4v) is 2.34. The Kier molecular flexibility index (Phi) is 5.82. The third kappa shape index (κ3) is 4.05. The summed E-state index contributed by atoms with van der Waals surface area (Å²) in [4.78, 5) is 20.2. The highest BCUT2D eigenvalue weighted by Gasteiger charge is 2.43. The Morgan fingerprint density at radius 2 is 2.04 bits per heavy atom. The molecule has 2 rings (SSSR count). The lowest BCUT2D eigenvalue weighted by atomic mass is 9.95. The fraction of sp³-hybridized carbons (Fsp3) is 0.471. The standard InChI is InChI=1S/C17H23N3O4/c1-3-7-12(21)14-19-13(17(2,24)16(23)20-14)15(22)18-10-11-8-5-4-6-9-11/h4-6,8-9,12,16,21,23-24H,3,7,10H2,1-2H3,(H,18,22). The van der Waals surface area contributed by atoms with Gasteiger partial charge >= 0.3 is 0 Å². The Morgan fingerprint density at radius 1 is 1.38 bits per heavy atom. The van der Waals surface area contributed by atoms with Gasteiger partial charge in [-0.05, 0) is 18.9 Å². The van der Waals surface area contributed by atoms with Gasteiger partial charge in [0, 0.05) is 6.54 Å². The van der Waals surface area contributed by atoms with Gasteiger partial charge < -0.3 is 20.6 Å². The number of rotatable bonds is 6. The van der Waals surface area contributed by atoms with Crippen molar-refractivity contribution in [1.82, 2.24) is 5.32 Å². The van der Waals surface area contributed by atoms with E-state index in [0.717, 1.165) is 5.56 Å². The first-order valence-electron chi connectivity index (χ1n) is 7.93. The van der Waals surface area contributed by atoms with E-state index in [9.17, 15) is 20.1 Å². The lowest BCUT2D eigenvalue weighted by molar-refractivity contribution is -0.116. The van der Waals surface area contributed by atoms with E-state index < -0.39 is 23.8 Å². The van der Waals surface area contributed by atoms with E-state index in [4.69, 9.17) is 0 Å². The van der Waals surface area contributed by atoms with Crippen LogP contribution >= 0.6 is 0 Å². The van der Waals surface area contributed by atoms with Crippen LogP contribution in [-0.2, 0) is 11.3 Å². The molecule has 7 nitrogen and oxygen atoms in total. The molecule has 0 aromatic heterocycles. The predicted molar refractivity (Wildman–Crippen MR) is 90.7 cm³/mol. The summed E-state index contributed by atoms with van der Waals surface area (Å²) in [6.07, 6.45) is -1.46. The predicted octanol–water partition coefficient (Wildman–Crippen LogP) is 0.386. The third-order valence-electron chi connectivity index (χ3n) is 3.83. The molecule has 1 amide bonds. The first kappa shape index (κ1) is 18.3. The van der Waals surface area contributed by atoms with Crippen molar-refractivity contribution in [1.29, 1.82) is 0 Å². The van der Waals surface area contributed by atoms with Gasteiger partial charge in [-0.3, -0.25) is 4.79 Å². The number of carbonyl (C=O) groups is 1. The second-order valence-corrected chi connectivity index (χ2v) is 5.94. The number of hydrogen-bond donors (Lipinski definition) is 4. The van der Waals surface area contributed by atoms with Gasteiger partial charge in [0.25, 0.3) is 5.91 Å². The Balaban J connectivity index is 2.17. The van der Waals surface area contributed by atoms with Crippen LogP contribution in [0.25, 0.3) is 0 Å². The summed E-state index contributed by atoms with van der Waals surface area (Å²) in [7, 11) is 0. The van der Waals surface area contributed by atoms with Crippen molar-refractivity contribution in [2.45, 2.75) is 51.2 Å². The lowest BCUT2D eigenvalue weighted by Gasteiger charge is -2.31. The number of amidine groups is 1. The highest BCUT2D eigenvalue weighted by Crippen LogP contribution is 2.21. The maximum atomic E-state index is 12.4. The third-order valence-corrected chi connectivity index (χ3v) is 3.83. The summed E-state index contributed by atoms with van der Waals surface area (Å²) in [6, 6.07) is 9.29. The fourth-order valence-electron chi connectivity index (χ4n) is 2.34. The number of amides is 1. The van der Waals surface area contributed by atoms with Gasteiger partial charge in [0.05, 0.1) is 0 Å². The molecule has 7 heteroatoms. The molecule has 0 saturated carbocycles. The summed E-state index contributed by atoms with van der Waals surface area (Å²) < 4.78 is 0. The molecule has 0 spiro atoms. The molecule has 0 fully saturated rings. The van der Waals surface area contributed by atoms with Crippen LogP contribution in [0.5, 0.6) is 0 Å². The van der Waals surface area contributed by atoms with Crippen molar-refractivity contribution in [3.8, 4) is 0 Å². The van der Waals surface area contributed by atoms with Crippen molar-refractivity contribution < 1.29 is 20.1 Å². The smallest absolute Gasteiger partial charge is 0.269 e. The quantitative estimate of drug-likeness (QED) is 0.603. The second-order valence-electron chi connectivity index (χ2n) is 5.94. The highest BCUT2D eigenvalue weighted by molar-refractivity contribution is 6.44. The normalized spacial score (nSPS) is 24.8. The first-order valence-corrected chi connectivity index (χ1v) is 7.93. The number of aliphatic hydroxyl groups is 3. The van der Waals surface area contributed by atoms with Crippen LogP contribution in [0, 0.1) is 0 Å². The van der Waals surface area contributed by atoms with Crippen molar-refractivity contribution in [3.05, 3.63) is 35.9 Å². The van der Waals surface area contributed by atoms with Crippen LogP contribution in [0.4, 0.5) is 0 Å². The van der Waals surface area contributed by atoms with Crippen LogP contribution in [0.2, 0.25) is 0 Å². The minimum absolute atomic E-state index is 0.0410. The Morgan fingerprint density at radius 3 is 2.67 bits per heavy atom. The maximum absolute atomic E-state index is 12.4. The molecule has 24 heavy (non-hydrogen) atoms. The van der Waals surface area contributed by atoms with Crippen LogP contribution in [-0.4, -0.2) is 50.7 Å². The van der Waals surface area contributed by atoms with Crippen LogP contribution in [0.1, 0.15) is 32.3 Å². The van der Waals surface area contributed by atoms with E-state index in [2.05, 4.69) is 15.3 Å². The van der Waals surface area contributed by atoms with E-state index in [1.807, 2.05) is 37.3 Å². The molecule has 0 radical (unpaired) electrons. The molecule has 1 aliphatic heterocycles. The Bertz CT molecular complexity index is 640. The van der Waals surface area contributed by atoms with E-state index in [1.165, 1.54) is 6.92 Å². The minimum Gasteiger partial charge on any atom is -0.385 e. The molecule has 1 heterocycles. The summed E-state index contributed by atoms with van der Waals surface area (Å²) in [6.45, 7) is 3.41. The summed E-state index contributed by atoms with van der Waals surface area (Å²) in [5, 5.41) is 33.1. The van der Waals surface area contributed by atoms with Gasteiger partial charge in [-0.15, -0.1) is 0 Å². The molecule has 1 aromatic carbocycles. The molecule has 4 N–H and O–H groups in total. The summed E-state index contributed by atoms with van der Waals surface area (Å²) in [5.41, 5.74) is -1.29. The maximum Gasteiger partial charge on any atom is 0.269 e. The van der Waals surface area contributed by atoms with Crippen LogP contribution < -0.4 is 5.32 Å². The molecule has 3 unspecified atom stereocenters. The number of hydrogen-bond acceptors (Lipinski definition) is 6. The topological polar surface area (TPSA) is 115 Å². The zero-order valence-electron chi connectivity index (χ0n) is 13.8. The minimum atomic E-state index is -1.92. The van der Waals surface area contributed by atoms with Crippen molar-refractivity contribution in [2.75, 3.05) is 0 Å². The van der Waals surface area contributed by atoms with E-state index >= 15 is 0 Å². The molecule has 130 valence electrons. The van der Waals surface area contributed by atoms with Gasteiger partial charge in [-0.25, -0.2) is 9.98 Å². The van der Waals surface area contributed by atoms with E-state index in [0.29, 0.717) is 12.8 Å². The number of carbonyl (C=O) groups excluding carboxylic acids is 1. The van der Waals surface area contributed by atoms with Gasteiger partial charge in [-0.2, -0.15) is 0 Å². The zero-order chi connectivity index (χ0) is 17.7. The molecular weight excluding hydrogens is 310 g/mol. The number of aliphatic imine (C=N–C) groups is 2. The zero-order valence-corrected chi connectivity index (χ0v) is 13.8. The highest BCUT2D eigenvalue weighted by atomic mass is 16.4.